The molecule has 0 aliphatic rings. The van der Waals surface area contributed by atoms with Gasteiger partial charge in [-0.2, -0.15) is 0 Å². The van der Waals surface area contributed by atoms with E-state index in [1.807, 2.05) is 7.05 Å². The Balaban J connectivity index is 2.80. The van der Waals surface area contributed by atoms with Crippen LogP contribution in [0, 0.1) is 6.92 Å². The molecule has 0 aromatic heterocycles. The lowest BCUT2D eigenvalue weighted by Gasteiger charge is -2.13. The van der Waals surface area contributed by atoms with Crippen molar-refractivity contribution in [3.05, 3.63) is 35.4 Å². The molecular weight excluding hydrogens is 146 g/mol. The molecular formula is C11H17N. The van der Waals surface area contributed by atoms with Gasteiger partial charge in [0, 0.05) is 6.04 Å². The fraction of sp³-hybridized carbons (Fsp3) is 0.455. The van der Waals surface area contributed by atoms with Crippen molar-refractivity contribution in [2.75, 3.05) is 7.05 Å². The quantitative estimate of drug-likeness (QED) is 0.722. The zero-order chi connectivity index (χ0) is 8.97. The minimum absolute atomic E-state index is 0.505. The summed E-state index contributed by atoms with van der Waals surface area (Å²) in [5.74, 6) is 0. The van der Waals surface area contributed by atoms with Crippen molar-refractivity contribution in [3.63, 3.8) is 0 Å². The van der Waals surface area contributed by atoms with Crippen molar-refractivity contribution < 1.29 is 0 Å². The lowest BCUT2D eigenvalue weighted by Crippen LogP contribution is -2.14. The van der Waals surface area contributed by atoms with Gasteiger partial charge in [-0.05, 0) is 26.0 Å². The van der Waals surface area contributed by atoms with Gasteiger partial charge in [0.15, 0.2) is 0 Å². The van der Waals surface area contributed by atoms with Crippen molar-refractivity contribution in [2.24, 2.45) is 0 Å². The highest BCUT2D eigenvalue weighted by Gasteiger charge is 2.04. The fourth-order valence-electron chi connectivity index (χ4n) is 1.41. The Hall–Kier alpha value is -0.820. The molecule has 1 aromatic rings. The van der Waals surface area contributed by atoms with Crippen LogP contribution < -0.4 is 5.32 Å². The number of benzene rings is 1. The Labute approximate surface area is 74.8 Å². The highest BCUT2D eigenvalue weighted by atomic mass is 14.9. The first-order chi connectivity index (χ1) is 5.77. The van der Waals surface area contributed by atoms with Crippen molar-refractivity contribution in [2.45, 2.75) is 26.3 Å². The van der Waals surface area contributed by atoms with E-state index in [-0.39, 0.29) is 0 Å². The van der Waals surface area contributed by atoms with Gasteiger partial charge in [0.05, 0.1) is 0 Å². The van der Waals surface area contributed by atoms with E-state index in [4.69, 9.17) is 0 Å². The lowest BCUT2D eigenvalue weighted by atomic mass is 10.0. The second kappa shape index (κ2) is 4.27. The van der Waals surface area contributed by atoms with Gasteiger partial charge in [-0.25, -0.2) is 0 Å². The molecule has 1 atom stereocenters. The Morgan fingerprint density at radius 3 is 2.25 bits per heavy atom. The van der Waals surface area contributed by atoms with E-state index < -0.39 is 0 Å². The monoisotopic (exact) mass is 163 g/mol. The van der Waals surface area contributed by atoms with Crippen LogP contribution in [-0.2, 0) is 0 Å². The van der Waals surface area contributed by atoms with Crippen LogP contribution in [-0.4, -0.2) is 7.05 Å². The summed E-state index contributed by atoms with van der Waals surface area (Å²) in [5.41, 5.74) is 2.70. The van der Waals surface area contributed by atoms with Crippen LogP contribution in [0.25, 0.3) is 0 Å². The molecule has 0 bridgehead atoms. The van der Waals surface area contributed by atoms with Crippen molar-refractivity contribution in [3.8, 4) is 0 Å². The molecule has 66 valence electrons. The van der Waals surface area contributed by atoms with E-state index in [2.05, 4.69) is 43.4 Å². The standard InChI is InChI=1S/C11H17N/c1-4-11(12-3)10-7-5-9(2)6-8-10/h5-8,11-12H,4H2,1-3H3/t11-/m1/s1. The third-order valence-electron chi connectivity index (χ3n) is 2.24. The van der Waals surface area contributed by atoms with Crippen LogP contribution in [0.1, 0.15) is 30.5 Å². The molecule has 0 saturated carbocycles. The van der Waals surface area contributed by atoms with Crippen LogP contribution in [0.5, 0.6) is 0 Å². The van der Waals surface area contributed by atoms with E-state index >= 15 is 0 Å². The minimum atomic E-state index is 0.505. The van der Waals surface area contributed by atoms with Gasteiger partial charge >= 0.3 is 0 Å². The van der Waals surface area contributed by atoms with Crippen LogP contribution in [0.4, 0.5) is 0 Å². The predicted molar refractivity (Wildman–Crippen MR) is 53.3 cm³/mol. The normalized spacial score (nSPS) is 12.9. The minimum Gasteiger partial charge on any atom is -0.313 e. The highest BCUT2D eigenvalue weighted by molar-refractivity contribution is 5.23. The average molecular weight is 163 g/mol. The van der Waals surface area contributed by atoms with Gasteiger partial charge in [-0.3, -0.25) is 0 Å². The maximum Gasteiger partial charge on any atom is 0.0314 e. The largest absolute Gasteiger partial charge is 0.313 e. The van der Waals surface area contributed by atoms with Gasteiger partial charge in [-0.15, -0.1) is 0 Å². The summed E-state index contributed by atoms with van der Waals surface area (Å²) < 4.78 is 0. The second-order valence-electron chi connectivity index (χ2n) is 3.16. The second-order valence-corrected chi connectivity index (χ2v) is 3.16. The third kappa shape index (κ3) is 2.08. The lowest BCUT2D eigenvalue weighted by molar-refractivity contribution is 0.577. The number of nitrogens with one attached hydrogen (secondary N) is 1. The summed E-state index contributed by atoms with van der Waals surface area (Å²) >= 11 is 0. The van der Waals surface area contributed by atoms with E-state index in [1.54, 1.807) is 0 Å². The summed E-state index contributed by atoms with van der Waals surface area (Å²) in [5, 5.41) is 3.29. The molecule has 0 heterocycles. The first kappa shape index (κ1) is 9.27. The number of rotatable bonds is 3. The van der Waals surface area contributed by atoms with Gasteiger partial charge in [0.1, 0.15) is 0 Å². The first-order valence-electron chi connectivity index (χ1n) is 4.51. The van der Waals surface area contributed by atoms with Crippen LogP contribution in [0.15, 0.2) is 24.3 Å². The zero-order valence-corrected chi connectivity index (χ0v) is 8.09. The SMILES string of the molecule is CC[C@@H](NC)c1ccc(C)cc1. The van der Waals surface area contributed by atoms with E-state index in [0.29, 0.717) is 6.04 Å². The fourth-order valence-corrected chi connectivity index (χ4v) is 1.41. The summed E-state index contributed by atoms with van der Waals surface area (Å²) in [6.07, 6.45) is 1.14. The van der Waals surface area contributed by atoms with E-state index in [0.717, 1.165) is 6.42 Å². The Morgan fingerprint density at radius 1 is 1.25 bits per heavy atom. The molecule has 0 amide bonds. The van der Waals surface area contributed by atoms with Crippen LogP contribution in [0.3, 0.4) is 0 Å². The van der Waals surface area contributed by atoms with Gasteiger partial charge in [0.2, 0.25) is 0 Å². The van der Waals surface area contributed by atoms with Crippen LogP contribution >= 0.6 is 0 Å². The molecule has 1 rings (SSSR count). The Bertz CT molecular complexity index is 221. The molecule has 12 heavy (non-hydrogen) atoms. The smallest absolute Gasteiger partial charge is 0.0314 e. The van der Waals surface area contributed by atoms with E-state index in [9.17, 15) is 0 Å². The molecule has 1 aromatic carbocycles. The molecule has 0 fully saturated rings. The molecule has 1 N–H and O–H groups in total. The maximum absolute atomic E-state index is 3.29. The molecule has 0 spiro atoms. The predicted octanol–water partition coefficient (Wildman–Crippen LogP) is 2.67. The maximum atomic E-state index is 3.29. The molecule has 0 saturated heterocycles. The van der Waals surface area contributed by atoms with Gasteiger partial charge < -0.3 is 5.32 Å². The highest BCUT2D eigenvalue weighted by Crippen LogP contribution is 2.15. The molecule has 0 aliphatic carbocycles. The molecule has 1 nitrogen and oxygen atoms in total. The summed E-state index contributed by atoms with van der Waals surface area (Å²) in [7, 11) is 2.01. The molecule has 0 unspecified atom stereocenters. The summed E-state index contributed by atoms with van der Waals surface area (Å²) in [6.45, 7) is 4.31. The summed E-state index contributed by atoms with van der Waals surface area (Å²) in [4.78, 5) is 0. The third-order valence-corrected chi connectivity index (χ3v) is 2.24. The van der Waals surface area contributed by atoms with Crippen molar-refractivity contribution in [1.82, 2.24) is 5.32 Å². The van der Waals surface area contributed by atoms with E-state index in [1.165, 1.54) is 11.1 Å². The number of aryl methyl sites for hydroxylation is 1. The topological polar surface area (TPSA) is 12.0 Å². The molecule has 0 radical (unpaired) electrons. The zero-order valence-electron chi connectivity index (χ0n) is 8.09. The number of hydrogen-bond donors (Lipinski definition) is 1. The first-order valence-corrected chi connectivity index (χ1v) is 4.51. The Morgan fingerprint density at radius 2 is 1.83 bits per heavy atom. The number of hydrogen-bond acceptors (Lipinski definition) is 1. The van der Waals surface area contributed by atoms with Crippen molar-refractivity contribution in [1.29, 1.82) is 0 Å². The van der Waals surface area contributed by atoms with Crippen molar-refractivity contribution >= 4 is 0 Å². The molecule has 0 aliphatic heterocycles. The van der Waals surface area contributed by atoms with Crippen LogP contribution in [0.2, 0.25) is 0 Å². The van der Waals surface area contributed by atoms with Gasteiger partial charge in [-0.1, -0.05) is 36.8 Å². The molecule has 1 heteroatoms. The van der Waals surface area contributed by atoms with Gasteiger partial charge in [0.25, 0.3) is 0 Å². The average Bonchev–Trinajstić information content (AvgIpc) is 2.10. The Kier molecular flexibility index (Phi) is 3.30. The summed E-state index contributed by atoms with van der Waals surface area (Å²) in [6, 6.07) is 9.22.